The van der Waals surface area contributed by atoms with Crippen LogP contribution in [0.5, 0.6) is 0 Å². The van der Waals surface area contributed by atoms with Crippen LogP contribution in [-0.2, 0) is 4.79 Å². The van der Waals surface area contributed by atoms with Gasteiger partial charge in [-0.2, -0.15) is 0 Å². The van der Waals surface area contributed by atoms with Gasteiger partial charge in [0.15, 0.2) is 0 Å². The molecule has 1 N–H and O–H groups in total. The standard InChI is InChI=1S/C18H25N3O4/c1-19(12-13-5-2-3-8-17(13)22)16-9-10-20(18(16)23)14-6-4-7-15(11-14)21(24)25/h4,6-7,11,13,16-17,22H,2-3,5,8-10,12H2,1H3. The van der Waals surface area contributed by atoms with Crippen molar-refractivity contribution in [2.24, 2.45) is 5.92 Å². The number of carbonyl (C=O) groups excluding carboxylic acids is 1. The number of benzene rings is 1. The maximum atomic E-state index is 12.8. The molecule has 7 heteroatoms. The van der Waals surface area contributed by atoms with Gasteiger partial charge < -0.3 is 10.0 Å². The predicted octanol–water partition coefficient (Wildman–Crippen LogP) is 2.18. The Kier molecular flexibility index (Phi) is 5.34. The minimum atomic E-state index is -0.446. The Balaban J connectivity index is 1.66. The lowest BCUT2D eigenvalue weighted by atomic mass is 9.86. The summed E-state index contributed by atoms with van der Waals surface area (Å²) in [5.41, 5.74) is 0.570. The number of anilines is 1. The van der Waals surface area contributed by atoms with Gasteiger partial charge in [0.05, 0.1) is 22.8 Å². The number of aliphatic hydroxyl groups is 1. The van der Waals surface area contributed by atoms with E-state index in [0.717, 1.165) is 25.7 Å². The molecule has 25 heavy (non-hydrogen) atoms. The third-order valence-electron chi connectivity index (χ3n) is 5.45. The van der Waals surface area contributed by atoms with Crippen LogP contribution in [-0.4, -0.2) is 53.1 Å². The summed E-state index contributed by atoms with van der Waals surface area (Å²) in [7, 11) is 1.93. The average molecular weight is 347 g/mol. The molecule has 1 saturated heterocycles. The number of amides is 1. The zero-order valence-corrected chi connectivity index (χ0v) is 14.5. The molecule has 1 aliphatic carbocycles. The Labute approximate surface area is 147 Å². The van der Waals surface area contributed by atoms with Crippen molar-refractivity contribution in [2.75, 3.05) is 25.0 Å². The van der Waals surface area contributed by atoms with Crippen molar-refractivity contribution in [1.29, 1.82) is 0 Å². The summed E-state index contributed by atoms with van der Waals surface area (Å²) in [4.78, 5) is 27.0. The highest BCUT2D eigenvalue weighted by Gasteiger charge is 2.37. The zero-order valence-electron chi connectivity index (χ0n) is 14.5. The Bertz CT molecular complexity index is 651. The Morgan fingerprint density at radius 3 is 2.80 bits per heavy atom. The molecule has 3 atom stereocenters. The van der Waals surface area contributed by atoms with Crippen LogP contribution in [0.2, 0.25) is 0 Å². The summed E-state index contributed by atoms with van der Waals surface area (Å²) in [5.74, 6) is 0.201. The number of nitrogens with zero attached hydrogens (tertiary/aromatic N) is 3. The molecule has 3 unspecified atom stereocenters. The molecule has 7 nitrogen and oxygen atoms in total. The van der Waals surface area contributed by atoms with E-state index >= 15 is 0 Å². The van der Waals surface area contributed by atoms with E-state index < -0.39 is 4.92 Å². The molecule has 1 saturated carbocycles. The van der Waals surface area contributed by atoms with Crippen LogP contribution in [0.1, 0.15) is 32.1 Å². The van der Waals surface area contributed by atoms with E-state index in [0.29, 0.717) is 25.2 Å². The summed E-state index contributed by atoms with van der Waals surface area (Å²) < 4.78 is 0. The number of aliphatic hydroxyl groups excluding tert-OH is 1. The first-order valence-electron chi connectivity index (χ1n) is 8.91. The molecule has 0 spiro atoms. The largest absolute Gasteiger partial charge is 0.393 e. The van der Waals surface area contributed by atoms with E-state index in [1.807, 2.05) is 11.9 Å². The molecule has 0 aromatic heterocycles. The van der Waals surface area contributed by atoms with Gasteiger partial charge >= 0.3 is 0 Å². The second-order valence-corrected chi connectivity index (χ2v) is 7.12. The zero-order chi connectivity index (χ0) is 18.0. The SMILES string of the molecule is CN(CC1CCCCC1O)C1CCN(c2cccc([N+](=O)[O-])c2)C1=O. The molecular formula is C18H25N3O4. The number of nitro benzene ring substituents is 1. The van der Waals surface area contributed by atoms with Crippen molar-refractivity contribution in [2.45, 2.75) is 44.2 Å². The normalized spacial score (nSPS) is 27.1. The first-order chi connectivity index (χ1) is 12.0. The summed E-state index contributed by atoms with van der Waals surface area (Å²) in [6.07, 6.45) is 4.47. The molecule has 1 aromatic rings. The van der Waals surface area contributed by atoms with E-state index in [9.17, 15) is 20.0 Å². The van der Waals surface area contributed by atoms with Crippen molar-refractivity contribution < 1.29 is 14.8 Å². The fourth-order valence-electron chi connectivity index (χ4n) is 4.00. The van der Waals surface area contributed by atoms with E-state index in [1.54, 1.807) is 17.0 Å². The smallest absolute Gasteiger partial charge is 0.271 e. The highest BCUT2D eigenvalue weighted by Crippen LogP contribution is 2.29. The maximum absolute atomic E-state index is 12.8. The predicted molar refractivity (Wildman–Crippen MR) is 94.4 cm³/mol. The molecule has 1 aromatic carbocycles. The van der Waals surface area contributed by atoms with Crippen LogP contribution in [0.4, 0.5) is 11.4 Å². The number of rotatable bonds is 5. The molecule has 136 valence electrons. The Hall–Kier alpha value is -1.99. The summed E-state index contributed by atoms with van der Waals surface area (Å²) >= 11 is 0. The monoisotopic (exact) mass is 347 g/mol. The van der Waals surface area contributed by atoms with Crippen molar-refractivity contribution in [3.8, 4) is 0 Å². The first-order valence-corrected chi connectivity index (χ1v) is 8.91. The maximum Gasteiger partial charge on any atom is 0.271 e. The van der Waals surface area contributed by atoms with Crippen LogP contribution in [0.25, 0.3) is 0 Å². The average Bonchev–Trinajstić information content (AvgIpc) is 2.98. The van der Waals surface area contributed by atoms with Crippen LogP contribution in [0, 0.1) is 16.0 Å². The summed E-state index contributed by atoms with van der Waals surface area (Å²) in [6, 6.07) is 5.99. The lowest BCUT2D eigenvalue weighted by molar-refractivity contribution is -0.384. The van der Waals surface area contributed by atoms with Crippen molar-refractivity contribution in [1.82, 2.24) is 4.90 Å². The van der Waals surface area contributed by atoms with Gasteiger partial charge in [0.1, 0.15) is 0 Å². The first kappa shape index (κ1) is 17.8. The second-order valence-electron chi connectivity index (χ2n) is 7.12. The third-order valence-corrected chi connectivity index (χ3v) is 5.45. The van der Waals surface area contributed by atoms with E-state index in [1.165, 1.54) is 12.1 Å². The van der Waals surface area contributed by atoms with Crippen molar-refractivity contribution in [3.63, 3.8) is 0 Å². The van der Waals surface area contributed by atoms with Gasteiger partial charge in [0, 0.05) is 25.2 Å². The van der Waals surface area contributed by atoms with Gasteiger partial charge in [-0.05, 0) is 38.3 Å². The van der Waals surface area contributed by atoms with Crippen LogP contribution in [0.15, 0.2) is 24.3 Å². The minimum absolute atomic E-state index is 0.00701. The van der Waals surface area contributed by atoms with Crippen LogP contribution < -0.4 is 4.90 Å². The molecule has 3 rings (SSSR count). The fourth-order valence-corrected chi connectivity index (χ4v) is 4.00. The van der Waals surface area contributed by atoms with E-state index in [2.05, 4.69) is 0 Å². The molecule has 2 fully saturated rings. The van der Waals surface area contributed by atoms with Gasteiger partial charge in [0.2, 0.25) is 5.91 Å². The van der Waals surface area contributed by atoms with E-state index in [-0.39, 0.29) is 29.7 Å². The van der Waals surface area contributed by atoms with Gasteiger partial charge in [0.25, 0.3) is 5.69 Å². The molecule has 1 heterocycles. The molecule has 1 aliphatic heterocycles. The summed E-state index contributed by atoms with van der Waals surface area (Å²) in [5, 5.41) is 21.1. The topological polar surface area (TPSA) is 86.9 Å². The molecule has 0 radical (unpaired) electrons. The third kappa shape index (κ3) is 3.82. The van der Waals surface area contributed by atoms with Crippen LogP contribution >= 0.6 is 0 Å². The fraction of sp³-hybridized carbons (Fsp3) is 0.611. The van der Waals surface area contributed by atoms with Crippen molar-refractivity contribution in [3.05, 3.63) is 34.4 Å². The molecule has 0 bridgehead atoms. The Morgan fingerprint density at radius 1 is 1.32 bits per heavy atom. The number of hydrogen-bond donors (Lipinski definition) is 1. The van der Waals surface area contributed by atoms with E-state index in [4.69, 9.17) is 0 Å². The number of carbonyl (C=O) groups is 1. The number of hydrogen-bond acceptors (Lipinski definition) is 5. The lowest BCUT2D eigenvalue weighted by Gasteiger charge is -2.33. The molecule has 2 aliphatic rings. The minimum Gasteiger partial charge on any atom is -0.393 e. The van der Waals surface area contributed by atoms with Crippen LogP contribution in [0.3, 0.4) is 0 Å². The lowest BCUT2D eigenvalue weighted by Crippen LogP contribution is -2.44. The highest BCUT2D eigenvalue weighted by molar-refractivity contribution is 5.99. The van der Waals surface area contributed by atoms with Gasteiger partial charge in [-0.1, -0.05) is 18.9 Å². The number of nitro groups is 1. The van der Waals surface area contributed by atoms with Crippen molar-refractivity contribution >= 4 is 17.3 Å². The Morgan fingerprint density at radius 2 is 2.08 bits per heavy atom. The molecule has 1 amide bonds. The van der Waals surface area contributed by atoms with Gasteiger partial charge in [-0.15, -0.1) is 0 Å². The number of non-ortho nitro benzene ring substituents is 1. The number of likely N-dealkylation sites (N-methyl/N-ethyl adjacent to an activating group) is 1. The second kappa shape index (κ2) is 7.49. The summed E-state index contributed by atoms with van der Waals surface area (Å²) in [6.45, 7) is 1.27. The highest BCUT2D eigenvalue weighted by atomic mass is 16.6. The quantitative estimate of drug-likeness (QED) is 0.652. The van der Waals surface area contributed by atoms with Gasteiger partial charge in [-0.3, -0.25) is 19.8 Å². The van der Waals surface area contributed by atoms with Gasteiger partial charge in [-0.25, -0.2) is 0 Å². The molecular weight excluding hydrogens is 322 g/mol.